The van der Waals surface area contributed by atoms with Gasteiger partial charge in [0.1, 0.15) is 6.61 Å². The van der Waals surface area contributed by atoms with Crippen LogP contribution in [0, 0.1) is 5.92 Å². The molecular weight excluding hydrogens is 154 g/mol. The first-order valence-corrected chi connectivity index (χ1v) is 4.54. The molecule has 1 rings (SSSR count). The van der Waals surface area contributed by atoms with Crippen molar-refractivity contribution in [2.24, 2.45) is 5.92 Å². The molecule has 0 spiro atoms. The SMILES string of the molecule is CCC1CCN(C(=O)COC)C1. The number of ether oxygens (including phenoxy) is 1. The summed E-state index contributed by atoms with van der Waals surface area (Å²) in [6.07, 6.45) is 2.34. The molecule has 0 aromatic heterocycles. The van der Waals surface area contributed by atoms with Crippen molar-refractivity contribution < 1.29 is 9.53 Å². The molecular formula is C9H17NO2. The molecule has 1 heterocycles. The third kappa shape index (κ3) is 2.21. The zero-order chi connectivity index (χ0) is 8.97. The molecule has 3 nitrogen and oxygen atoms in total. The summed E-state index contributed by atoms with van der Waals surface area (Å²) < 4.78 is 4.79. The van der Waals surface area contributed by atoms with Gasteiger partial charge in [-0.15, -0.1) is 0 Å². The van der Waals surface area contributed by atoms with E-state index >= 15 is 0 Å². The second kappa shape index (κ2) is 4.45. The molecule has 12 heavy (non-hydrogen) atoms. The van der Waals surface area contributed by atoms with Crippen molar-refractivity contribution >= 4 is 5.91 Å². The van der Waals surface area contributed by atoms with Crippen LogP contribution in [0.25, 0.3) is 0 Å². The van der Waals surface area contributed by atoms with Crippen LogP contribution >= 0.6 is 0 Å². The van der Waals surface area contributed by atoms with E-state index in [0.717, 1.165) is 19.5 Å². The molecule has 1 unspecified atom stereocenters. The normalized spacial score (nSPS) is 23.2. The number of carbonyl (C=O) groups is 1. The zero-order valence-electron chi connectivity index (χ0n) is 7.88. The standard InChI is InChI=1S/C9H17NO2/c1-3-8-4-5-10(6-8)9(11)7-12-2/h8H,3-7H2,1-2H3. The molecule has 0 bridgehead atoms. The van der Waals surface area contributed by atoms with Crippen molar-refractivity contribution in [2.45, 2.75) is 19.8 Å². The summed E-state index contributed by atoms with van der Waals surface area (Å²) in [6, 6.07) is 0. The van der Waals surface area contributed by atoms with Gasteiger partial charge in [-0.05, 0) is 12.3 Å². The predicted molar refractivity (Wildman–Crippen MR) is 46.9 cm³/mol. The number of carbonyl (C=O) groups excluding carboxylic acids is 1. The number of rotatable bonds is 3. The third-order valence-corrected chi connectivity index (χ3v) is 2.48. The van der Waals surface area contributed by atoms with E-state index in [1.807, 2.05) is 4.90 Å². The lowest BCUT2D eigenvalue weighted by atomic mass is 10.1. The first-order valence-electron chi connectivity index (χ1n) is 4.54. The molecule has 3 heteroatoms. The molecule has 0 aromatic rings. The number of hydrogen-bond acceptors (Lipinski definition) is 2. The van der Waals surface area contributed by atoms with Crippen LogP contribution in [0.5, 0.6) is 0 Å². The van der Waals surface area contributed by atoms with Gasteiger partial charge in [0.25, 0.3) is 0 Å². The summed E-state index contributed by atoms with van der Waals surface area (Å²) in [6.45, 7) is 4.25. The number of amides is 1. The molecule has 1 aliphatic heterocycles. The highest BCUT2D eigenvalue weighted by Crippen LogP contribution is 2.18. The largest absolute Gasteiger partial charge is 0.375 e. The van der Waals surface area contributed by atoms with Crippen molar-refractivity contribution in [2.75, 3.05) is 26.8 Å². The Bertz CT molecular complexity index is 159. The summed E-state index contributed by atoms with van der Waals surface area (Å²) in [4.78, 5) is 13.2. The van der Waals surface area contributed by atoms with Gasteiger partial charge < -0.3 is 9.64 Å². The quantitative estimate of drug-likeness (QED) is 0.631. The van der Waals surface area contributed by atoms with Gasteiger partial charge in [-0.25, -0.2) is 0 Å². The molecule has 0 aromatic carbocycles. The van der Waals surface area contributed by atoms with Crippen molar-refractivity contribution in [3.8, 4) is 0 Å². The molecule has 0 radical (unpaired) electrons. The lowest BCUT2D eigenvalue weighted by Gasteiger charge is -2.15. The van der Waals surface area contributed by atoms with Gasteiger partial charge in [0.05, 0.1) is 0 Å². The third-order valence-electron chi connectivity index (χ3n) is 2.48. The molecule has 0 saturated carbocycles. The van der Waals surface area contributed by atoms with Crippen molar-refractivity contribution in [3.63, 3.8) is 0 Å². The topological polar surface area (TPSA) is 29.5 Å². The maximum absolute atomic E-state index is 11.3. The Hall–Kier alpha value is -0.570. The number of methoxy groups -OCH3 is 1. The van der Waals surface area contributed by atoms with Crippen LogP contribution in [0.3, 0.4) is 0 Å². The molecule has 1 amide bonds. The first kappa shape index (κ1) is 9.52. The molecule has 0 aliphatic carbocycles. The van der Waals surface area contributed by atoms with Crippen molar-refractivity contribution in [1.29, 1.82) is 0 Å². The average Bonchev–Trinajstić information content (AvgIpc) is 2.52. The van der Waals surface area contributed by atoms with Crippen LogP contribution in [-0.4, -0.2) is 37.6 Å². The maximum atomic E-state index is 11.3. The number of nitrogens with zero attached hydrogens (tertiary/aromatic N) is 1. The Morgan fingerprint density at radius 1 is 1.67 bits per heavy atom. The Morgan fingerprint density at radius 2 is 2.42 bits per heavy atom. The Labute approximate surface area is 73.7 Å². The highest BCUT2D eigenvalue weighted by atomic mass is 16.5. The average molecular weight is 171 g/mol. The number of likely N-dealkylation sites (tertiary alicyclic amines) is 1. The Kier molecular flexibility index (Phi) is 3.53. The lowest BCUT2D eigenvalue weighted by Crippen LogP contribution is -2.31. The molecule has 1 aliphatic rings. The summed E-state index contributed by atoms with van der Waals surface area (Å²) in [5.41, 5.74) is 0. The minimum Gasteiger partial charge on any atom is -0.375 e. The van der Waals surface area contributed by atoms with Crippen LogP contribution in [0.2, 0.25) is 0 Å². The second-order valence-corrected chi connectivity index (χ2v) is 3.34. The smallest absolute Gasteiger partial charge is 0.248 e. The Morgan fingerprint density at radius 3 is 2.92 bits per heavy atom. The first-order chi connectivity index (χ1) is 5.77. The summed E-state index contributed by atoms with van der Waals surface area (Å²) in [7, 11) is 1.56. The Balaban J connectivity index is 2.31. The number of hydrogen-bond donors (Lipinski definition) is 0. The van der Waals surface area contributed by atoms with Crippen molar-refractivity contribution in [3.05, 3.63) is 0 Å². The minimum atomic E-state index is 0.133. The molecule has 0 N–H and O–H groups in total. The van der Waals surface area contributed by atoms with Gasteiger partial charge in [0.15, 0.2) is 0 Å². The highest BCUT2D eigenvalue weighted by Gasteiger charge is 2.24. The van der Waals surface area contributed by atoms with Crippen LogP contribution in [0.4, 0.5) is 0 Å². The fourth-order valence-corrected chi connectivity index (χ4v) is 1.61. The van der Waals surface area contributed by atoms with E-state index in [1.165, 1.54) is 6.42 Å². The lowest BCUT2D eigenvalue weighted by molar-refractivity contribution is -0.134. The van der Waals surface area contributed by atoms with Gasteiger partial charge in [-0.1, -0.05) is 13.3 Å². The summed E-state index contributed by atoms with van der Waals surface area (Å²) >= 11 is 0. The minimum absolute atomic E-state index is 0.133. The van der Waals surface area contributed by atoms with Crippen LogP contribution in [0.1, 0.15) is 19.8 Å². The van der Waals surface area contributed by atoms with Gasteiger partial charge in [-0.3, -0.25) is 4.79 Å². The van der Waals surface area contributed by atoms with E-state index in [9.17, 15) is 4.79 Å². The second-order valence-electron chi connectivity index (χ2n) is 3.34. The van der Waals surface area contributed by atoms with E-state index < -0.39 is 0 Å². The van der Waals surface area contributed by atoms with Gasteiger partial charge in [-0.2, -0.15) is 0 Å². The van der Waals surface area contributed by atoms with E-state index in [4.69, 9.17) is 4.74 Å². The molecule has 70 valence electrons. The molecule has 1 atom stereocenters. The fraction of sp³-hybridized carbons (Fsp3) is 0.889. The zero-order valence-corrected chi connectivity index (χ0v) is 7.88. The van der Waals surface area contributed by atoms with Crippen LogP contribution in [0.15, 0.2) is 0 Å². The van der Waals surface area contributed by atoms with E-state index in [0.29, 0.717) is 5.92 Å². The van der Waals surface area contributed by atoms with Crippen molar-refractivity contribution in [1.82, 2.24) is 4.90 Å². The highest BCUT2D eigenvalue weighted by molar-refractivity contribution is 5.77. The fourth-order valence-electron chi connectivity index (χ4n) is 1.61. The van der Waals surface area contributed by atoms with Gasteiger partial charge >= 0.3 is 0 Å². The van der Waals surface area contributed by atoms with E-state index in [-0.39, 0.29) is 12.5 Å². The summed E-state index contributed by atoms with van der Waals surface area (Å²) in [5, 5.41) is 0. The van der Waals surface area contributed by atoms with Crippen LogP contribution < -0.4 is 0 Å². The molecule has 1 saturated heterocycles. The summed E-state index contributed by atoms with van der Waals surface area (Å²) in [5.74, 6) is 0.847. The van der Waals surface area contributed by atoms with E-state index in [1.54, 1.807) is 7.11 Å². The van der Waals surface area contributed by atoms with Gasteiger partial charge in [0, 0.05) is 20.2 Å². The molecule has 1 fully saturated rings. The van der Waals surface area contributed by atoms with Gasteiger partial charge in [0.2, 0.25) is 5.91 Å². The monoisotopic (exact) mass is 171 g/mol. The predicted octanol–water partition coefficient (Wildman–Crippen LogP) is 0.891. The maximum Gasteiger partial charge on any atom is 0.248 e. The van der Waals surface area contributed by atoms with E-state index in [2.05, 4.69) is 6.92 Å². The van der Waals surface area contributed by atoms with Crippen LogP contribution in [-0.2, 0) is 9.53 Å².